The quantitative estimate of drug-likeness (QED) is 0.650. The first kappa shape index (κ1) is 16.8. The van der Waals surface area contributed by atoms with Gasteiger partial charge < -0.3 is 14.3 Å². The van der Waals surface area contributed by atoms with Gasteiger partial charge in [-0.1, -0.05) is 27.7 Å². The van der Waals surface area contributed by atoms with Crippen molar-refractivity contribution < 1.29 is 9.21 Å². The third-order valence-corrected chi connectivity index (χ3v) is 4.94. The first-order valence-corrected chi connectivity index (χ1v) is 8.94. The Labute approximate surface area is 151 Å². The van der Waals surface area contributed by atoms with E-state index in [1.54, 1.807) is 6.26 Å². The van der Waals surface area contributed by atoms with Crippen molar-refractivity contribution >= 4 is 39.3 Å². The van der Waals surface area contributed by atoms with Crippen molar-refractivity contribution in [1.82, 2.24) is 14.8 Å². The lowest BCUT2D eigenvalue weighted by atomic mass is 10.2. The molecule has 1 N–H and O–H groups in total. The average Bonchev–Trinajstić information content (AvgIpc) is 3.13. The first-order valence-electron chi connectivity index (χ1n) is 7.16. The van der Waals surface area contributed by atoms with Crippen molar-refractivity contribution in [3.8, 4) is 11.4 Å². The predicted octanol–water partition coefficient (Wildman–Crippen LogP) is 3.88. The van der Waals surface area contributed by atoms with Gasteiger partial charge in [0, 0.05) is 17.2 Å². The summed E-state index contributed by atoms with van der Waals surface area (Å²) in [4.78, 5) is 12.1. The minimum atomic E-state index is -0.0913. The molecule has 0 unspecified atom stereocenters. The maximum Gasteiger partial charge on any atom is 0.234 e. The smallest absolute Gasteiger partial charge is 0.234 e. The number of hydrogen-bond donors (Lipinski definition) is 1. The van der Waals surface area contributed by atoms with Crippen molar-refractivity contribution in [2.45, 2.75) is 12.1 Å². The third-order valence-electron chi connectivity index (χ3n) is 3.39. The monoisotopic (exact) mass is 406 g/mol. The van der Waals surface area contributed by atoms with Crippen LogP contribution >= 0.6 is 27.7 Å². The highest BCUT2D eigenvalue weighted by atomic mass is 79.9. The summed E-state index contributed by atoms with van der Waals surface area (Å²) in [7, 11) is 1.87. The number of carbonyl (C=O) groups excluding carboxylic acids is 1. The summed E-state index contributed by atoms with van der Waals surface area (Å²) < 4.78 is 8.13. The normalized spacial score (nSPS) is 10.8. The van der Waals surface area contributed by atoms with E-state index in [1.165, 1.54) is 11.8 Å². The fourth-order valence-corrected chi connectivity index (χ4v) is 3.13. The fraction of sp³-hybridized carbons (Fsp3) is 0.188. The molecule has 0 saturated carbocycles. The third kappa shape index (κ3) is 3.70. The predicted molar refractivity (Wildman–Crippen MR) is 96.9 cm³/mol. The maximum absolute atomic E-state index is 12.1. The van der Waals surface area contributed by atoms with E-state index in [4.69, 9.17) is 4.42 Å². The average molecular weight is 407 g/mol. The number of benzene rings is 1. The van der Waals surface area contributed by atoms with Crippen molar-refractivity contribution in [2.75, 3.05) is 11.1 Å². The van der Waals surface area contributed by atoms with Crippen molar-refractivity contribution in [3.63, 3.8) is 0 Å². The number of halogens is 1. The standard InChI is InChI=1S/C16H15BrN4O2S/c1-10-13(7-8-23-10)15-19-20-16(21(15)2)24-9-14(22)18-12-5-3-11(17)4-6-12/h3-8H,9H2,1-2H3,(H,18,22). The lowest BCUT2D eigenvalue weighted by Crippen LogP contribution is -2.14. The van der Waals surface area contributed by atoms with Crippen molar-refractivity contribution in [1.29, 1.82) is 0 Å². The second kappa shape index (κ2) is 7.23. The van der Waals surface area contributed by atoms with E-state index in [0.29, 0.717) is 5.16 Å². The van der Waals surface area contributed by atoms with Crippen LogP contribution in [-0.4, -0.2) is 26.4 Å². The Bertz CT molecular complexity index is 857. The second-order valence-electron chi connectivity index (χ2n) is 5.10. The van der Waals surface area contributed by atoms with E-state index in [-0.39, 0.29) is 11.7 Å². The molecule has 3 rings (SSSR count). The number of hydrogen-bond acceptors (Lipinski definition) is 5. The summed E-state index contributed by atoms with van der Waals surface area (Å²) in [6.45, 7) is 1.88. The van der Waals surface area contributed by atoms with Gasteiger partial charge in [0.25, 0.3) is 0 Å². The molecule has 2 aromatic heterocycles. The highest BCUT2D eigenvalue weighted by Gasteiger charge is 2.15. The molecule has 0 fully saturated rings. The summed E-state index contributed by atoms with van der Waals surface area (Å²) in [6.07, 6.45) is 1.62. The minimum Gasteiger partial charge on any atom is -0.469 e. The van der Waals surface area contributed by atoms with Crippen LogP contribution in [0.4, 0.5) is 5.69 Å². The Morgan fingerprint density at radius 1 is 1.29 bits per heavy atom. The summed E-state index contributed by atoms with van der Waals surface area (Å²) in [5, 5.41) is 11.9. The van der Waals surface area contributed by atoms with Gasteiger partial charge in [-0.3, -0.25) is 4.79 Å². The van der Waals surface area contributed by atoms with Gasteiger partial charge in [0.05, 0.1) is 17.6 Å². The van der Waals surface area contributed by atoms with Gasteiger partial charge in [-0.05, 0) is 37.3 Å². The topological polar surface area (TPSA) is 72.9 Å². The minimum absolute atomic E-state index is 0.0913. The molecule has 3 aromatic rings. The number of rotatable bonds is 5. The summed E-state index contributed by atoms with van der Waals surface area (Å²) >= 11 is 4.70. The Kier molecular flexibility index (Phi) is 5.06. The molecule has 124 valence electrons. The van der Waals surface area contributed by atoms with Crippen molar-refractivity contribution in [3.05, 3.63) is 46.8 Å². The van der Waals surface area contributed by atoms with Crippen LogP contribution in [0, 0.1) is 6.92 Å². The zero-order valence-electron chi connectivity index (χ0n) is 13.1. The van der Waals surface area contributed by atoms with Crippen LogP contribution in [0.5, 0.6) is 0 Å². The van der Waals surface area contributed by atoms with Crippen LogP contribution in [0.2, 0.25) is 0 Å². The largest absolute Gasteiger partial charge is 0.469 e. The Balaban J connectivity index is 1.63. The molecule has 0 aliphatic rings. The number of anilines is 1. The summed E-state index contributed by atoms with van der Waals surface area (Å²) in [6, 6.07) is 9.30. The van der Waals surface area contributed by atoms with Gasteiger partial charge in [-0.15, -0.1) is 10.2 Å². The van der Waals surface area contributed by atoms with E-state index in [2.05, 4.69) is 31.4 Å². The molecular formula is C16H15BrN4O2S. The van der Waals surface area contributed by atoms with E-state index in [0.717, 1.165) is 27.3 Å². The SMILES string of the molecule is Cc1occc1-c1nnc(SCC(=O)Nc2ccc(Br)cc2)n1C. The van der Waals surface area contributed by atoms with E-state index < -0.39 is 0 Å². The van der Waals surface area contributed by atoms with Gasteiger partial charge in [-0.25, -0.2) is 0 Å². The zero-order valence-corrected chi connectivity index (χ0v) is 15.5. The number of amides is 1. The molecule has 6 nitrogen and oxygen atoms in total. The van der Waals surface area contributed by atoms with E-state index in [9.17, 15) is 4.79 Å². The summed E-state index contributed by atoms with van der Waals surface area (Å²) in [5.41, 5.74) is 1.66. The van der Waals surface area contributed by atoms with Crippen LogP contribution in [-0.2, 0) is 11.8 Å². The Morgan fingerprint density at radius 3 is 2.71 bits per heavy atom. The van der Waals surface area contributed by atoms with Crippen LogP contribution in [0.1, 0.15) is 5.76 Å². The molecule has 0 spiro atoms. The van der Waals surface area contributed by atoms with Crippen LogP contribution in [0.15, 0.2) is 50.6 Å². The molecule has 0 radical (unpaired) electrons. The number of nitrogens with one attached hydrogen (secondary N) is 1. The van der Waals surface area contributed by atoms with Gasteiger partial charge in [0.2, 0.25) is 5.91 Å². The molecule has 0 saturated heterocycles. The summed E-state index contributed by atoms with van der Waals surface area (Å²) in [5.74, 6) is 1.67. The fourth-order valence-electron chi connectivity index (χ4n) is 2.15. The van der Waals surface area contributed by atoms with E-state index >= 15 is 0 Å². The van der Waals surface area contributed by atoms with Gasteiger partial charge in [0.15, 0.2) is 11.0 Å². The second-order valence-corrected chi connectivity index (χ2v) is 6.96. The zero-order chi connectivity index (χ0) is 17.1. The molecule has 8 heteroatoms. The first-order chi connectivity index (χ1) is 11.5. The number of furan rings is 1. The molecule has 1 aromatic carbocycles. The number of nitrogens with zero attached hydrogens (tertiary/aromatic N) is 3. The molecule has 1 amide bonds. The molecule has 0 aliphatic carbocycles. The molecule has 0 atom stereocenters. The maximum atomic E-state index is 12.1. The lowest BCUT2D eigenvalue weighted by Gasteiger charge is -2.05. The van der Waals surface area contributed by atoms with Gasteiger partial charge in [0.1, 0.15) is 5.76 Å². The highest BCUT2D eigenvalue weighted by Crippen LogP contribution is 2.25. The number of aryl methyl sites for hydroxylation is 1. The Morgan fingerprint density at radius 2 is 2.04 bits per heavy atom. The van der Waals surface area contributed by atoms with Crippen LogP contribution in [0.25, 0.3) is 11.4 Å². The molecule has 2 heterocycles. The highest BCUT2D eigenvalue weighted by molar-refractivity contribution is 9.10. The van der Waals surface area contributed by atoms with Crippen molar-refractivity contribution in [2.24, 2.45) is 7.05 Å². The van der Waals surface area contributed by atoms with Gasteiger partial charge >= 0.3 is 0 Å². The molecule has 0 aliphatic heterocycles. The lowest BCUT2D eigenvalue weighted by molar-refractivity contribution is -0.113. The van der Waals surface area contributed by atoms with Crippen LogP contribution < -0.4 is 5.32 Å². The number of aromatic nitrogens is 3. The Hall–Kier alpha value is -2.06. The van der Waals surface area contributed by atoms with E-state index in [1.807, 2.05) is 48.9 Å². The number of carbonyl (C=O) groups is 1. The number of thioether (sulfide) groups is 1. The molecule has 24 heavy (non-hydrogen) atoms. The molecule has 0 bridgehead atoms. The van der Waals surface area contributed by atoms with Crippen LogP contribution in [0.3, 0.4) is 0 Å². The molecular weight excluding hydrogens is 392 g/mol. The van der Waals surface area contributed by atoms with Gasteiger partial charge in [-0.2, -0.15) is 0 Å².